The maximum atomic E-state index is 4.17. The Kier molecular flexibility index (Phi) is 2.72. The largest absolute Gasteiger partial charge is 0.378 e. The summed E-state index contributed by atoms with van der Waals surface area (Å²) < 4.78 is 0. The van der Waals surface area contributed by atoms with Crippen LogP contribution in [-0.4, -0.2) is 9.97 Å². The maximum Gasteiger partial charge on any atom is 0.125 e. The summed E-state index contributed by atoms with van der Waals surface area (Å²) in [5.41, 5.74) is 3.70. The Morgan fingerprint density at radius 1 is 1.33 bits per heavy atom. The molecule has 2 aromatic rings. The Morgan fingerprint density at radius 3 is 2.93 bits per heavy atom. The number of imidazole rings is 1. The van der Waals surface area contributed by atoms with E-state index in [4.69, 9.17) is 0 Å². The molecule has 1 heterocycles. The van der Waals surface area contributed by atoms with E-state index < -0.39 is 0 Å². The molecule has 0 saturated carbocycles. The summed E-state index contributed by atoms with van der Waals surface area (Å²) in [4.78, 5) is 7.23. The molecule has 2 N–H and O–H groups in total. The molecule has 1 aromatic carbocycles. The molecular weight excluding hydrogens is 186 g/mol. The highest BCUT2D eigenvalue weighted by atomic mass is 15.0. The minimum Gasteiger partial charge on any atom is -0.378 e. The third-order valence-corrected chi connectivity index (χ3v) is 2.39. The zero-order valence-corrected chi connectivity index (χ0v) is 9.04. The van der Waals surface area contributed by atoms with Crippen molar-refractivity contribution in [2.24, 2.45) is 0 Å². The lowest BCUT2D eigenvalue weighted by Crippen LogP contribution is -2.02. The van der Waals surface area contributed by atoms with Gasteiger partial charge >= 0.3 is 0 Å². The normalized spacial score (nSPS) is 10.3. The maximum absolute atomic E-state index is 4.17. The highest BCUT2D eigenvalue weighted by molar-refractivity contribution is 5.52. The number of nitrogens with one attached hydrogen (secondary N) is 2. The second-order valence-electron chi connectivity index (χ2n) is 3.71. The number of anilines is 1. The van der Waals surface area contributed by atoms with Gasteiger partial charge in [0.1, 0.15) is 5.82 Å². The lowest BCUT2D eigenvalue weighted by atomic mass is 10.1. The first-order valence-corrected chi connectivity index (χ1v) is 5.05. The van der Waals surface area contributed by atoms with Crippen LogP contribution in [0.3, 0.4) is 0 Å². The van der Waals surface area contributed by atoms with Gasteiger partial charge in [0, 0.05) is 18.1 Å². The summed E-state index contributed by atoms with van der Waals surface area (Å²) in [6.07, 6.45) is 3.60. The second-order valence-corrected chi connectivity index (χ2v) is 3.71. The Labute approximate surface area is 89.6 Å². The number of hydrogen-bond donors (Lipinski definition) is 2. The standard InChI is InChI=1S/C12H15N3/c1-9-3-4-10(2)11(7-9)15-8-12-13-5-6-14-12/h3-7,15H,8H2,1-2H3,(H,13,14). The molecule has 0 aliphatic carbocycles. The van der Waals surface area contributed by atoms with Crippen molar-refractivity contribution in [1.82, 2.24) is 9.97 Å². The monoisotopic (exact) mass is 201 g/mol. The van der Waals surface area contributed by atoms with Crippen LogP contribution in [0.5, 0.6) is 0 Å². The van der Waals surface area contributed by atoms with E-state index in [1.165, 1.54) is 16.8 Å². The van der Waals surface area contributed by atoms with Gasteiger partial charge in [0.05, 0.1) is 6.54 Å². The molecule has 0 atom stereocenters. The fourth-order valence-electron chi connectivity index (χ4n) is 1.50. The predicted octanol–water partition coefficient (Wildman–Crippen LogP) is 2.64. The molecule has 0 fully saturated rings. The Morgan fingerprint density at radius 2 is 2.20 bits per heavy atom. The van der Waals surface area contributed by atoms with Crippen LogP contribution >= 0.6 is 0 Å². The first kappa shape index (κ1) is 9.77. The zero-order chi connectivity index (χ0) is 10.7. The third-order valence-electron chi connectivity index (χ3n) is 2.39. The van der Waals surface area contributed by atoms with Crippen molar-refractivity contribution in [1.29, 1.82) is 0 Å². The van der Waals surface area contributed by atoms with Gasteiger partial charge in [0.2, 0.25) is 0 Å². The molecule has 0 spiro atoms. The highest BCUT2D eigenvalue weighted by Crippen LogP contribution is 2.16. The first-order valence-electron chi connectivity index (χ1n) is 5.05. The molecule has 15 heavy (non-hydrogen) atoms. The van der Waals surface area contributed by atoms with Crippen LogP contribution in [-0.2, 0) is 6.54 Å². The van der Waals surface area contributed by atoms with E-state index >= 15 is 0 Å². The lowest BCUT2D eigenvalue weighted by Gasteiger charge is -2.08. The smallest absolute Gasteiger partial charge is 0.125 e. The first-order chi connectivity index (χ1) is 7.25. The summed E-state index contributed by atoms with van der Waals surface area (Å²) in [5.74, 6) is 0.955. The van der Waals surface area contributed by atoms with Gasteiger partial charge in [-0.3, -0.25) is 0 Å². The van der Waals surface area contributed by atoms with E-state index in [9.17, 15) is 0 Å². The van der Waals surface area contributed by atoms with Crippen LogP contribution in [0, 0.1) is 13.8 Å². The van der Waals surface area contributed by atoms with Crippen LogP contribution in [0.2, 0.25) is 0 Å². The summed E-state index contributed by atoms with van der Waals surface area (Å²) in [6.45, 7) is 4.93. The van der Waals surface area contributed by atoms with Gasteiger partial charge in [0.15, 0.2) is 0 Å². The molecule has 3 nitrogen and oxygen atoms in total. The molecule has 0 radical (unpaired) electrons. The molecule has 3 heteroatoms. The Hall–Kier alpha value is -1.77. The third kappa shape index (κ3) is 2.37. The van der Waals surface area contributed by atoms with Gasteiger partial charge in [-0.1, -0.05) is 12.1 Å². The number of benzene rings is 1. The van der Waals surface area contributed by atoms with Crippen molar-refractivity contribution in [3.05, 3.63) is 47.5 Å². The quantitative estimate of drug-likeness (QED) is 0.801. The SMILES string of the molecule is Cc1ccc(C)c(NCc2ncc[nH]2)c1. The lowest BCUT2D eigenvalue weighted by molar-refractivity contribution is 0.997. The van der Waals surface area contributed by atoms with Gasteiger partial charge in [-0.15, -0.1) is 0 Å². The van der Waals surface area contributed by atoms with Gasteiger partial charge in [0.25, 0.3) is 0 Å². The van der Waals surface area contributed by atoms with Crippen molar-refractivity contribution < 1.29 is 0 Å². The van der Waals surface area contributed by atoms with Crippen molar-refractivity contribution in [2.75, 3.05) is 5.32 Å². The van der Waals surface area contributed by atoms with E-state index in [-0.39, 0.29) is 0 Å². The van der Waals surface area contributed by atoms with Crippen LogP contribution in [0.15, 0.2) is 30.6 Å². The molecule has 0 unspecified atom stereocenters. The number of aromatic amines is 1. The van der Waals surface area contributed by atoms with Gasteiger partial charge in [-0.2, -0.15) is 0 Å². The van der Waals surface area contributed by atoms with Crippen LogP contribution in [0.25, 0.3) is 0 Å². The number of nitrogens with zero attached hydrogens (tertiary/aromatic N) is 1. The molecule has 0 bridgehead atoms. The summed E-state index contributed by atoms with van der Waals surface area (Å²) in [5, 5.41) is 3.36. The minimum atomic E-state index is 0.733. The predicted molar refractivity (Wildman–Crippen MR) is 61.8 cm³/mol. The van der Waals surface area contributed by atoms with Crippen molar-refractivity contribution >= 4 is 5.69 Å². The van der Waals surface area contributed by atoms with Crippen LogP contribution in [0.4, 0.5) is 5.69 Å². The Balaban J connectivity index is 2.07. The van der Waals surface area contributed by atoms with Crippen LogP contribution in [0.1, 0.15) is 17.0 Å². The van der Waals surface area contributed by atoms with E-state index in [2.05, 4.69) is 47.3 Å². The van der Waals surface area contributed by atoms with Crippen molar-refractivity contribution in [2.45, 2.75) is 20.4 Å². The van der Waals surface area contributed by atoms with Crippen molar-refractivity contribution in [3.8, 4) is 0 Å². The van der Waals surface area contributed by atoms with Gasteiger partial charge in [-0.05, 0) is 31.0 Å². The summed E-state index contributed by atoms with van der Waals surface area (Å²) in [6, 6.07) is 6.39. The average molecular weight is 201 g/mol. The number of aromatic nitrogens is 2. The number of aryl methyl sites for hydroxylation is 2. The molecule has 0 aliphatic heterocycles. The summed E-state index contributed by atoms with van der Waals surface area (Å²) in [7, 11) is 0. The molecule has 0 amide bonds. The molecule has 0 aliphatic rings. The minimum absolute atomic E-state index is 0.733. The topological polar surface area (TPSA) is 40.7 Å². The molecule has 78 valence electrons. The fourth-order valence-corrected chi connectivity index (χ4v) is 1.50. The molecule has 0 saturated heterocycles. The number of hydrogen-bond acceptors (Lipinski definition) is 2. The number of H-pyrrole nitrogens is 1. The van der Waals surface area contributed by atoms with Gasteiger partial charge in [-0.25, -0.2) is 4.98 Å². The number of rotatable bonds is 3. The average Bonchev–Trinajstić information content (AvgIpc) is 2.72. The van der Waals surface area contributed by atoms with E-state index in [0.717, 1.165) is 12.4 Å². The highest BCUT2D eigenvalue weighted by Gasteiger charge is 1.99. The van der Waals surface area contributed by atoms with E-state index in [1.54, 1.807) is 6.20 Å². The van der Waals surface area contributed by atoms with Gasteiger partial charge < -0.3 is 10.3 Å². The zero-order valence-electron chi connectivity index (χ0n) is 9.04. The van der Waals surface area contributed by atoms with Crippen LogP contribution < -0.4 is 5.32 Å². The summed E-state index contributed by atoms with van der Waals surface area (Å²) >= 11 is 0. The second kappa shape index (κ2) is 4.17. The molecule has 1 aromatic heterocycles. The van der Waals surface area contributed by atoms with E-state index in [0.29, 0.717) is 0 Å². The molecule has 2 rings (SSSR count). The van der Waals surface area contributed by atoms with Crippen molar-refractivity contribution in [3.63, 3.8) is 0 Å². The molecular formula is C12H15N3. The fraction of sp³-hybridized carbons (Fsp3) is 0.250. The van der Waals surface area contributed by atoms with E-state index in [1.807, 2.05) is 6.20 Å². The Bertz CT molecular complexity index is 432.